The molecule has 2 heterocycles. The van der Waals surface area contributed by atoms with Crippen LogP contribution in [0, 0.1) is 5.92 Å². The number of amides is 1. The lowest BCUT2D eigenvalue weighted by Gasteiger charge is -2.31. The zero-order valence-electron chi connectivity index (χ0n) is 17.9. The number of carbonyl (C=O) groups is 2. The van der Waals surface area contributed by atoms with Crippen LogP contribution >= 0.6 is 11.8 Å². The monoisotopic (exact) mass is 433 g/mol. The molecule has 5 nitrogen and oxygen atoms in total. The Kier molecular flexibility index (Phi) is 6.68. The number of hydrogen-bond acceptors (Lipinski definition) is 5. The molecule has 31 heavy (non-hydrogen) atoms. The van der Waals surface area contributed by atoms with Gasteiger partial charge in [0.1, 0.15) is 0 Å². The Morgan fingerprint density at radius 3 is 2.68 bits per heavy atom. The molecule has 1 saturated heterocycles. The van der Waals surface area contributed by atoms with Gasteiger partial charge in [0.15, 0.2) is 5.78 Å². The van der Waals surface area contributed by atoms with Crippen LogP contribution < -0.4 is 5.32 Å². The number of thioether (sulfide) groups is 1. The lowest BCUT2D eigenvalue weighted by molar-refractivity contribution is -0.114. The number of nitrogens with one attached hydrogen (secondary N) is 1. The summed E-state index contributed by atoms with van der Waals surface area (Å²) in [6, 6.07) is 17.7. The molecule has 1 N–H and O–H groups in total. The molecule has 0 unspecified atom stereocenters. The normalized spacial score (nSPS) is 16.9. The molecule has 6 heteroatoms. The fourth-order valence-electron chi connectivity index (χ4n) is 4.22. The zero-order chi connectivity index (χ0) is 21.8. The van der Waals surface area contributed by atoms with Crippen molar-refractivity contribution in [3.05, 3.63) is 65.9 Å². The molecule has 0 aliphatic carbocycles. The standard InChI is InChI=1S/C25H27N3O2S/c1-17(29)26-23-6-3-7-24-22(23)13-10-20(27-24)16-28-14-4-5-19(15-28)25(30)18-8-11-21(31-2)12-9-18/h3,6-13,19H,4-5,14-16H2,1-2H3,(H,26,29)/t19-/m1/s1. The van der Waals surface area contributed by atoms with Gasteiger partial charge < -0.3 is 5.32 Å². The number of aromatic nitrogens is 1. The van der Waals surface area contributed by atoms with Crippen molar-refractivity contribution >= 4 is 40.0 Å². The molecule has 160 valence electrons. The van der Waals surface area contributed by atoms with Crippen LogP contribution in [0.2, 0.25) is 0 Å². The lowest BCUT2D eigenvalue weighted by Crippen LogP contribution is -2.38. The number of pyridine rings is 1. The van der Waals surface area contributed by atoms with E-state index in [2.05, 4.69) is 10.2 Å². The first-order valence-corrected chi connectivity index (χ1v) is 11.8. The first kappa shape index (κ1) is 21.5. The summed E-state index contributed by atoms with van der Waals surface area (Å²) in [5.41, 5.74) is 3.42. The van der Waals surface area contributed by atoms with Crippen LogP contribution in [0.1, 0.15) is 35.8 Å². The van der Waals surface area contributed by atoms with E-state index >= 15 is 0 Å². The first-order valence-electron chi connectivity index (χ1n) is 10.6. The summed E-state index contributed by atoms with van der Waals surface area (Å²) in [6.07, 6.45) is 3.99. The Balaban J connectivity index is 1.45. The molecule has 1 atom stereocenters. The summed E-state index contributed by atoms with van der Waals surface area (Å²) in [5, 5.41) is 3.79. The van der Waals surface area contributed by atoms with Crippen LogP contribution in [-0.4, -0.2) is 40.9 Å². The third-order valence-corrected chi connectivity index (χ3v) is 6.48. The predicted molar refractivity (Wildman–Crippen MR) is 127 cm³/mol. The SMILES string of the molecule is CSc1ccc(C(=O)[C@@H]2CCCN(Cc3ccc4c(NC(C)=O)cccc4n3)C2)cc1. The largest absolute Gasteiger partial charge is 0.326 e. The second kappa shape index (κ2) is 9.62. The number of ketones is 1. The molecule has 1 aromatic heterocycles. The minimum Gasteiger partial charge on any atom is -0.326 e. The summed E-state index contributed by atoms with van der Waals surface area (Å²) < 4.78 is 0. The average Bonchev–Trinajstić information content (AvgIpc) is 2.78. The van der Waals surface area contributed by atoms with Crippen LogP contribution in [0.15, 0.2) is 59.5 Å². The van der Waals surface area contributed by atoms with E-state index in [1.807, 2.05) is 60.9 Å². The maximum Gasteiger partial charge on any atom is 0.221 e. The van der Waals surface area contributed by atoms with E-state index in [1.54, 1.807) is 11.8 Å². The van der Waals surface area contributed by atoms with E-state index in [4.69, 9.17) is 4.98 Å². The van der Waals surface area contributed by atoms with Crippen molar-refractivity contribution in [2.24, 2.45) is 5.92 Å². The molecular formula is C25H27N3O2S. The minimum absolute atomic E-state index is 0.0284. The molecular weight excluding hydrogens is 406 g/mol. The number of hydrogen-bond donors (Lipinski definition) is 1. The highest BCUT2D eigenvalue weighted by molar-refractivity contribution is 7.98. The van der Waals surface area contributed by atoms with Crippen molar-refractivity contribution in [3.63, 3.8) is 0 Å². The number of carbonyl (C=O) groups excluding carboxylic acids is 2. The third kappa shape index (κ3) is 5.14. The van der Waals surface area contributed by atoms with Crippen molar-refractivity contribution in [2.75, 3.05) is 24.7 Å². The average molecular weight is 434 g/mol. The van der Waals surface area contributed by atoms with Crippen molar-refractivity contribution in [3.8, 4) is 0 Å². The van der Waals surface area contributed by atoms with Crippen molar-refractivity contribution in [2.45, 2.75) is 31.2 Å². The number of fused-ring (bicyclic) bond motifs is 1. The van der Waals surface area contributed by atoms with E-state index < -0.39 is 0 Å². The van der Waals surface area contributed by atoms with E-state index in [0.717, 1.165) is 60.3 Å². The van der Waals surface area contributed by atoms with Crippen LogP contribution in [0.4, 0.5) is 5.69 Å². The van der Waals surface area contributed by atoms with Crippen molar-refractivity contribution in [1.82, 2.24) is 9.88 Å². The van der Waals surface area contributed by atoms with E-state index in [0.29, 0.717) is 0 Å². The van der Waals surface area contributed by atoms with Gasteiger partial charge in [-0.15, -0.1) is 11.8 Å². The van der Waals surface area contributed by atoms with Crippen molar-refractivity contribution < 1.29 is 9.59 Å². The molecule has 1 aliphatic heterocycles. The zero-order valence-corrected chi connectivity index (χ0v) is 18.7. The highest BCUT2D eigenvalue weighted by atomic mass is 32.2. The minimum atomic E-state index is -0.0938. The number of anilines is 1. The van der Waals surface area contributed by atoms with E-state index in [-0.39, 0.29) is 17.6 Å². The molecule has 3 aromatic rings. The summed E-state index contributed by atoms with van der Waals surface area (Å²) in [5.74, 6) is 0.174. The first-order chi connectivity index (χ1) is 15.0. The summed E-state index contributed by atoms with van der Waals surface area (Å²) >= 11 is 1.68. The van der Waals surface area contributed by atoms with Crippen LogP contribution in [0.5, 0.6) is 0 Å². The Morgan fingerprint density at radius 1 is 1.13 bits per heavy atom. The topological polar surface area (TPSA) is 62.3 Å². The van der Waals surface area contributed by atoms with Gasteiger partial charge in [0, 0.05) is 41.8 Å². The smallest absolute Gasteiger partial charge is 0.221 e. The van der Waals surface area contributed by atoms with Crippen molar-refractivity contribution in [1.29, 1.82) is 0 Å². The predicted octanol–water partition coefficient (Wildman–Crippen LogP) is 5.01. The maximum atomic E-state index is 13.0. The van der Waals surface area contributed by atoms with Gasteiger partial charge in [0.05, 0.1) is 16.9 Å². The molecule has 0 radical (unpaired) electrons. The van der Waals surface area contributed by atoms with Gasteiger partial charge in [-0.3, -0.25) is 19.5 Å². The van der Waals surface area contributed by atoms with Gasteiger partial charge in [-0.1, -0.05) is 18.2 Å². The Labute approximate surface area is 187 Å². The van der Waals surface area contributed by atoms with Gasteiger partial charge in [-0.2, -0.15) is 0 Å². The van der Waals surface area contributed by atoms with Crippen LogP contribution in [-0.2, 0) is 11.3 Å². The Hall–Kier alpha value is -2.70. The Bertz CT molecular complexity index is 1100. The molecule has 0 saturated carbocycles. The second-order valence-electron chi connectivity index (χ2n) is 8.02. The van der Waals surface area contributed by atoms with E-state index in [9.17, 15) is 9.59 Å². The molecule has 1 fully saturated rings. The molecule has 1 amide bonds. The third-order valence-electron chi connectivity index (χ3n) is 5.74. The molecule has 2 aromatic carbocycles. The van der Waals surface area contributed by atoms with Gasteiger partial charge >= 0.3 is 0 Å². The number of likely N-dealkylation sites (tertiary alicyclic amines) is 1. The number of Topliss-reactive ketones (excluding diaryl/α,β-unsaturated/α-hetero) is 1. The van der Waals surface area contributed by atoms with Gasteiger partial charge in [0.2, 0.25) is 5.91 Å². The summed E-state index contributed by atoms with van der Waals surface area (Å²) in [6.45, 7) is 3.96. The molecule has 0 spiro atoms. The number of piperidine rings is 1. The van der Waals surface area contributed by atoms with Crippen LogP contribution in [0.3, 0.4) is 0 Å². The van der Waals surface area contributed by atoms with Gasteiger partial charge in [-0.05, 0) is 62.0 Å². The fourth-order valence-corrected chi connectivity index (χ4v) is 4.63. The highest BCUT2D eigenvalue weighted by Gasteiger charge is 2.26. The van der Waals surface area contributed by atoms with E-state index in [1.165, 1.54) is 11.8 Å². The van der Waals surface area contributed by atoms with Crippen LogP contribution in [0.25, 0.3) is 10.9 Å². The molecule has 0 bridgehead atoms. The Morgan fingerprint density at radius 2 is 1.94 bits per heavy atom. The quantitative estimate of drug-likeness (QED) is 0.437. The number of rotatable bonds is 6. The number of nitrogens with zero attached hydrogens (tertiary/aromatic N) is 2. The summed E-state index contributed by atoms with van der Waals surface area (Å²) in [7, 11) is 0. The molecule has 4 rings (SSSR count). The maximum absolute atomic E-state index is 13.0. The van der Waals surface area contributed by atoms with Gasteiger partial charge in [-0.25, -0.2) is 0 Å². The lowest BCUT2D eigenvalue weighted by atomic mass is 9.90. The second-order valence-corrected chi connectivity index (χ2v) is 8.90. The fraction of sp³-hybridized carbons (Fsp3) is 0.320. The highest BCUT2D eigenvalue weighted by Crippen LogP contribution is 2.26. The number of benzene rings is 2. The molecule has 1 aliphatic rings. The van der Waals surface area contributed by atoms with Gasteiger partial charge in [0.25, 0.3) is 0 Å². The summed E-state index contributed by atoms with van der Waals surface area (Å²) in [4.78, 5) is 32.8.